The Morgan fingerprint density at radius 3 is 2.74 bits per heavy atom. The van der Waals surface area contributed by atoms with Gasteiger partial charge in [-0.15, -0.1) is 12.4 Å². The largest absolute Gasteiger partial charge is 0.508 e. The molecule has 0 bridgehead atoms. The number of benzene rings is 2. The fourth-order valence-electron chi connectivity index (χ4n) is 3.00. The molecule has 0 aliphatic heterocycles. The Balaban J connectivity index is 0.00000272. The minimum Gasteiger partial charge on any atom is -0.508 e. The van der Waals surface area contributed by atoms with E-state index in [1.54, 1.807) is 38.7 Å². The minimum atomic E-state index is -0.497. The predicted octanol–water partition coefficient (Wildman–Crippen LogP) is 4.23. The van der Waals surface area contributed by atoms with Crippen LogP contribution in [-0.4, -0.2) is 38.3 Å². The van der Waals surface area contributed by atoms with Crippen LogP contribution < -0.4 is 14.8 Å². The molecule has 162 valence electrons. The van der Waals surface area contributed by atoms with Crippen molar-refractivity contribution in [2.45, 2.75) is 13.5 Å². The lowest BCUT2D eigenvalue weighted by Gasteiger charge is -2.14. The number of imidazole rings is 1. The van der Waals surface area contributed by atoms with Crippen LogP contribution in [0.1, 0.15) is 5.56 Å². The number of nitrogens with zero attached hydrogens (tertiary/aromatic N) is 4. The summed E-state index contributed by atoms with van der Waals surface area (Å²) in [6.07, 6.45) is 6.65. The molecule has 0 unspecified atom stereocenters. The number of hydrogen-bond donors (Lipinski definition) is 2. The molecule has 8 nitrogen and oxygen atoms in total. The number of rotatable bonds is 7. The van der Waals surface area contributed by atoms with Gasteiger partial charge in [0.1, 0.15) is 30.3 Å². The van der Waals surface area contributed by atoms with Gasteiger partial charge in [0.2, 0.25) is 0 Å². The number of halogens is 2. The van der Waals surface area contributed by atoms with Crippen LogP contribution in [0.15, 0.2) is 49.3 Å². The maximum absolute atomic E-state index is 14.3. The van der Waals surface area contributed by atoms with Crippen LogP contribution in [0.25, 0.3) is 10.9 Å². The molecule has 0 aliphatic rings. The molecule has 0 saturated heterocycles. The van der Waals surface area contributed by atoms with Gasteiger partial charge in [0.15, 0.2) is 11.5 Å². The van der Waals surface area contributed by atoms with E-state index in [0.717, 1.165) is 0 Å². The van der Waals surface area contributed by atoms with Crippen molar-refractivity contribution in [1.29, 1.82) is 0 Å². The van der Waals surface area contributed by atoms with Gasteiger partial charge in [0.05, 0.1) is 31.2 Å². The SMILES string of the molecule is COc1cc2c(Nc3cc(O)c(C)cc3F)ncnc2cc1OCCn1ccnc1.Cl. The molecule has 0 radical (unpaired) electrons. The zero-order valence-electron chi connectivity index (χ0n) is 16.9. The first-order valence-electron chi connectivity index (χ1n) is 9.22. The van der Waals surface area contributed by atoms with Crippen molar-refractivity contribution < 1.29 is 19.0 Å². The van der Waals surface area contributed by atoms with Gasteiger partial charge in [-0.2, -0.15) is 0 Å². The van der Waals surface area contributed by atoms with Crippen LogP contribution in [0.2, 0.25) is 0 Å². The Morgan fingerprint density at radius 1 is 1.16 bits per heavy atom. The topological polar surface area (TPSA) is 94.3 Å². The van der Waals surface area contributed by atoms with Crippen LogP contribution >= 0.6 is 12.4 Å². The molecular weight excluding hydrogens is 425 g/mol. The van der Waals surface area contributed by atoms with E-state index in [4.69, 9.17) is 9.47 Å². The predicted molar refractivity (Wildman–Crippen MR) is 117 cm³/mol. The molecule has 0 saturated carbocycles. The Hall–Kier alpha value is -3.59. The molecule has 31 heavy (non-hydrogen) atoms. The molecule has 2 aromatic heterocycles. The van der Waals surface area contributed by atoms with Crippen molar-refractivity contribution in [3.63, 3.8) is 0 Å². The van der Waals surface area contributed by atoms with Crippen LogP contribution in [0.3, 0.4) is 0 Å². The van der Waals surface area contributed by atoms with Gasteiger partial charge in [0, 0.05) is 29.9 Å². The first-order valence-corrected chi connectivity index (χ1v) is 9.22. The number of aromatic nitrogens is 4. The number of anilines is 2. The summed E-state index contributed by atoms with van der Waals surface area (Å²) in [6.45, 7) is 2.68. The zero-order chi connectivity index (χ0) is 21.1. The molecular formula is C21H21ClFN5O3. The van der Waals surface area contributed by atoms with Crippen molar-refractivity contribution in [2.75, 3.05) is 19.0 Å². The lowest BCUT2D eigenvalue weighted by molar-refractivity contribution is 0.280. The summed E-state index contributed by atoms with van der Waals surface area (Å²) < 4.78 is 27.6. The maximum atomic E-state index is 14.3. The normalized spacial score (nSPS) is 10.5. The van der Waals surface area contributed by atoms with Crippen LogP contribution in [-0.2, 0) is 6.54 Å². The van der Waals surface area contributed by atoms with Gasteiger partial charge in [-0.05, 0) is 24.6 Å². The second kappa shape index (κ2) is 9.48. The van der Waals surface area contributed by atoms with E-state index in [9.17, 15) is 9.50 Å². The molecule has 0 atom stereocenters. The Morgan fingerprint density at radius 2 is 2.00 bits per heavy atom. The monoisotopic (exact) mass is 445 g/mol. The molecule has 2 aromatic carbocycles. The standard InChI is InChI=1S/C21H20FN5O3.ClH/c1-13-7-15(22)17(9-18(13)28)26-21-14-8-19(29-2)20(10-16(14)24-11-25-21)30-6-5-27-4-3-23-12-27;/h3-4,7-12,28H,5-6H2,1-2H3,(H,24,25,26);1H. The fourth-order valence-corrected chi connectivity index (χ4v) is 3.00. The lowest BCUT2D eigenvalue weighted by Crippen LogP contribution is -2.07. The van der Waals surface area contributed by atoms with Gasteiger partial charge in [-0.3, -0.25) is 0 Å². The Bertz CT molecular complexity index is 1190. The summed E-state index contributed by atoms with van der Waals surface area (Å²) in [5.74, 6) is 0.907. The van der Waals surface area contributed by atoms with E-state index < -0.39 is 5.82 Å². The van der Waals surface area contributed by atoms with Crippen molar-refractivity contribution in [3.05, 3.63) is 60.7 Å². The highest BCUT2D eigenvalue weighted by Gasteiger charge is 2.14. The summed E-state index contributed by atoms with van der Waals surface area (Å²) in [5, 5.41) is 13.4. The number of nitrogens with one attached hydrogen (secondary N) is 1. The Kier molecular flexibility index (Phi) is 6.76. The number of hydrogen-bond acceptors (Lipinski definition) is 7. The van der Waals surface area contributed by atoms with Gasteiger partial charge in [-0.1, -0.05) is 0 Å². The molecule has 4 rings (SSSR count). The lowest BCUT2D eigenvalue weighted by atomic mass is 10.1. The summed E-state index contributed by atoms with van der Waals surface area (Å²) in [7, 11) is 1.54. The van der Waals surface area contributed by atoms with Crippen LogP contribution in [0.4, 0.5) is 15.9 Å². The molecule has 0 fully saturated rings. The molecule has 0 aliphatic carbocycles. The highest BCUT2D eigenvalue weighted by atomic mass is 35.5. The van der Waals surface area contributed by atoms with Gasteiger partial charge in [-0.25, -0.2) is 19.3 Å². The average Bonchev–Trinajstić information content (AvgIpc) is 3.25. The third kappa shape index (κ3) is 4.77. The van der Waals surface area contributed by atoms with Gasteiger partial charge >= 0.3 is 0 Å². The number of methoxy groups -OCH3 is 1. The van der Waals surface area contributed by atoms with Gasteiger partial charge < -0.3 is 24.5 Å². The molecule has 0 amide bonds. The minimum absolute atomic E-state index is 0. The number of aromatic hydroxyl groups is 1. The average molecular weight is 446 g/mol. The second-order valence-electron chi connectivity index (χ2n) is 6.64. The first kappa shape index (κ1) is 22.1. The third-order valence-corrected chi connectivity index (χ3v) is 4.63. The van der Waals surface area contributed by atoms with E-state index in [2.05, 4.69) is 20.3 Å². The fraction of sp³-hybridized carbons (Fsp3) is 0.190. The van der Waals surface area contributed by atoms with Crippen molar-refractivity contribution >= 4 is 34.8 Å². The highest BCUT2D eigenvalue weighted by molar-refractivity contribution is 5.93. The van der Waals surface area contributed by atoms with Crippen LogP contribution in [0, 0.1) is 12.7 Å². The van der Waals surface area contributed by atoms with Crippen molar-refractivity contribution in [2.24, 2.45) is 0 Å². The summed E-state index contributed by atoms with van der Waals surface area (Å²) in [5.41, 5.74) is 1.16. The van der Waals surface area contributed by atoms with E-state index in [-0.39, 0.29) is 23.8 Å². The number of phenolic OH excluding ortho intramolecular Hbond substituents is 1. The maximum Gasteiger partial charge on any atom is 0.163 e. The van der Waals surface area contributed by atoms with E-state index in [1.807, 2.05) is 10.8 Å². The number of ether oxygens (including phenoxy) is 2. The first-order chi connectivity index (χ1) is 14.5. The van der Waals surface area contributed by atoms with Crippen molar-refractivity contribution in [3.8, 4) is 17.2 Å². The van der Waals surface area contributed by atoms with Crippen molar-refractivity contribution in [1.82, 2.24) is 19.5 Å². The molecule has 4 aromatic rings. The molecule has 2 heterocycles. The highest BCUT2D eigenvalue weighted by Crippen LogP contribution is 2.35. The van der Waals surface area contributed by atoms with E-state index in [0.29, 0.717) is 46.9 Å². The number of fused-ring (bicyclic) bond motifs is 1. The van der Waals surface area contributed by atoms with Gasteiger partial charge in [0.25, 0.3) is 0 Å². The molecule has 0 spiro atoms. The zero-order valence-corrected chi connectivity index (χ0v) is 17.7. The summed E-state index contributed by atoms with van der Waals surface area (Å²) >= 11 is 0. The smallest absolute Gasteiger partial charge is 0.163 e. The quantitative estimate of drug-likeness (QED) is 0.439. The summed E-state index contributed by atoms with van der Waals surface area (Å²) in [4.78, 5) is 12.5. The van der Waals surface area contributed by atoms with E-state index in [1.165, 1.54) is 18.5 Å². The summed E-state index contributed by atoms with van der Waals surface area (Å²) in [6, 6.07) is 6.06. The number of phenols is 1. The van der Waals surface area contributed by atoms with Crippen LogP contribution in [0.5, 0.6) is 17.2 Å². The Labute approximate surface area is 184 Å². The molecule has 2 N–H and O–H groups in total. The number of aryl methyl sites for hydroxylation is 1. The van der Waals surface area contributed by atoms with E-state index >= 15 is 0 Å². The second-order valence-corrected chi connectivity index (χ2v) is 6.64. The molecule has 10 heteroatoms. The third-order valence-electron chi connectivity index (χ3n) is 4.63.